The Balaban J connectivity index is 1.87. The Bertz CT molecular complexity index is 759. The third-order valence-electron chi connectivity index (χ3n) is 3.72. The highest BCUT2D eigenvalue weighted by atomic mass is 79.9. The second kappa shape index (κ2) is 9.82. The van der Waals surface area contributed by atoms with E-state index in [4.69, 9.17) is 4.74 Å². The summed E-state index contributed by atoms with van der Waals surface area (Å²) in [7, 11) is 0. The van der Waals surface area contributed by atoms with E-state index in [0.29, 0.717) is 11.3 Å². The molecule has 6 nitrogen and oxygen atoms in total. The van der Waals surface area contributed by atoms with Crippen LogP contribution in [0.15, 0.2) is 52.0 Å². The van der Waals surface area contributed by atoms with Crippen LogP contribution in [0.2, 0.25) is 0 Å². The average Bonchev–Trinajstić information content (AvgIpc) is 2.64. The van der Waals surface area contributed by atoms with E-state index in [-0.39, 0.29) is 18.3 Å². The van der Waals surface area contributed by atoms with Crippen molar-refractivity contribution in [2.24, 2.45) is 5.10 Å². The molecule has 0 aliphatic heterocycles. The number of anilines is 1. The molecule has 0 radical (unpaired) electrons. The Morgan fingerprint density at radius 1 is 1.23 bits per heavy atom. The van der Waals surface area contributed by atoms with Gasteiger partial charge in [0.1, 0.15) is 11.5 Å². The van der Waals surface area contributed by atoms with E-state index in [1.807, 2.05) is 18.2 Å². The van der Waals surface area contributed by atoms with Gasteiger partial charge in [-0.3, -0.25) is 4.79 Å². The summed E-state index contributed by atoms with van der Waals surface area (Å²) in [6.45, 7) is 5.69. The molecule has 0 spiro atoms. The number of amides is 1. The number of hydrogen-bond donors (Lipinski definition) is 2. The minimum absolute atomic E-state index is 0.110. The molecule has 0 heterocycles. The van der Waals surface area contributed by atoms with Crippen molar-refractivity contribution < 1.29 is 14.6 Å². The molecule has 0 bridgehead atoms. The lowest BCUT2D eigenvalue weighted by Crippen LogP contribution is -2.24. The van der Waals surface area contributed by atoms with E-state index >= 15 is 0 Å². The van der Waals surface area contributed by atoms with Gasteiger partial charge in [0.2, 0.25) is 0 Å². The SMILES string of the molecule is CCN(CC)c1ccc(/C=N/NC(=O)COc2ccc(Br)cc2)c(O)c1. The Morgan fingerprint density at radius 3 is 2.54 bits per heavy atom. The lowest BCUT2D eigenvalue weighted by atomic mass is 10.2. The number of aromatic hydroxyl groups is 1. The number of ether oxygens (including phenoxy) is 1. The van der Waals surface area contributed by atoms with E-state index < -0.39 is 0 Å². The fourth-order valence-corrected chi connectivity index (χ4v) is 2.58. The number of phenolic OH excluding ortho intramolecular Hbond substituents is 1. The molecule has 0 unspecified atom stereocenters. The first kappa shape index (κ1) is 19.8. The quantitative estimate of drug-likeness (QED) is 0.506. The van der Waals surface area contributed by atoms with Gasteiger partial charge in [0, 0.05) is 34.9 Å². The van der Waals surface area contributed by atoms with Gasteiger partial charge < -0.3 is 14.7 Å². The number of nitrogens with one attached hydrogen (secondary N) is 1. The largest absolute Gasteiger partial charge is 0.507 e. The predicted molar refractivity (Wildman–Crippen MR) is 107 cm³/mol. The Morgan fingerprint density at radius 2 is 1.92 bits per heavy atom. The smallest absolute Gasteiger partial charge is 0.277 e. The summed E-state index contributed by atoms with van der Waals surface area (Å²) < 4.78 is 6.29. The Kier molecular flexibility index (Phi) is 7.47. The molecule has 0 aliphatic rings. The number of hydrogen-bond acceptors (Lipinski definition) is 5. The second-order valence-corrected chi connectivity index (χ2v) is 6.37. The number of rotatable bonds is 8. The van der Waals surface area contributed by atoms with Crippen LogP contribution >= 0.6 is 15.9 Å². The number of carbonyl (C=O) groups is 1. The standard InChI is InChI=1S/C19H22BrN3O3/c1-3-23(4-2)16-8-5-14(18(24)11-16)12-21-22-19(25)13-26-17-9-6-15(20)7-10-17/h5-12,24H,3-4,13H2,1-2H3,(H,22,25)/b21-12+. The maximum absolute atomic E-state index is 11.8. The van der Waals surface area contributed by atoms with Crippen LogP contribution in [0, 0.1) is 0 Å². The molecule has 0 saturated heterocycles. The van der Waals surface area contributed by atoms with E-state index in [1.165, 1.54) is 6.21 Å². The van der Waals surface area contributed by atoms with Crippen LogP contribution < -0.4 is 15.1 Å². The Labute approximate surface area is 161 Å². The van der Waals surface area contributed by atoms with Gasteiger partial charge in [0.05, 0.1) is 6.21 Å². The molecule has 0 aliphatic carbocycles. The summed E-state index contributed by atoms with van der Waals surface area (Å²) in [4.78, 5) is 13.9. The van der Waals surface area contributed by atoms with Crippen LogP contribution in [0.5, 0.6) is 11.5 Å². The van der Waals surface area contributed by atoms with Gasteiger partial charge in [-0.15, -0.1) is 0 Å². The highest BCUT2D eigenvalue weighted by molar-refractivity contribution is 9.10. The van der Waals surface area contributed by atoms with Crippen LogP contribution in [0.1, 0.15) is 19.4 Å². The summed E-state index contributed by atoms with van der Waals surface area (Å²) in [5.41, 5.74) is 3.84. The third kappa shape index (κ3) is 5.77. The van der Waals surface area contributed by atoms with Crippen LogP contribution in [-0.2, 0) is 4.79 Å². The molecular formula is C19H22BrN3O3. The Hall–Kier alpha value is -2.54. The molecule has 2 aromatic carbocycles. The first-order valence-corrected chi connectivity index (χ1v) is 9.11. The molecule has 2 aromatic rings. The van der Waals surface area contributed by atoms with Crippen molar-refractivity contribution in [2.75, 3.05) is 24.6 Å². The summed E-state index contributed by atoms with van der Waals surface area (Å²) >= 11 is 3.33. The van der Waals surface area contributed by atoms with Crippen molar-refractivity contribution in [1.29, 1.82) is 0 Å². The van der Waals surface area contributed by atoms with Crippen LogP contribution in [0.3, 0.4) is 0 Å². The van der Waals surface area contributed by atoms with Crippen LogP contribution in [0.4, 0.5) is 5.69 Å². The van der Waals surface area contributed by atoms with Gasteiger partial charge in [0.25, 0.3) is 5.91 Å². The minimum Gasteiger partial charge on any atom is -0.507 e. The molecule has 0 fully saturated rings. The number of hydrazone groups is 1. The second-order valence-electron chi connectivity index (χ2n) is 5.45. The molecule has 7 heteroatoms. The lowest BCUT2D eigenvalue weighted by molar-refractivity contribution is -0.123. The van der Waals surface area contributed by atoms with E-state index in [1.54, 1.807) is 24.3 Å². The molecule has 0 aromatic heterocycles. The molecule has 138 valence electrons. The van der Waals surface area contributed by atoms with Gasteiger partial charge in [-0.2, -0.15) is 5.10 Å². The number of phenols is 1. The highest BCUT2D eigenvalue weighted by Gasteiger charge is 2.06. The minimum atomic E-state index is -0.386. The number of benzene rings is 2. The summed E-state index contributed by atoms with van der Waals surface area (Å²) in [6, 6.07) is 12.5. The third-order valence-corrected chi connectivity index (χ3v) is 4.25. The van der Waals surface area contributed by atoms with Crippen LogP contribution in [0.25, 0.3) is 0 Å². The van der Waals surface area contributed by atoms with Crippen molar-refractivity contribution in [2.45, 2.75) is 13.8 Å². The van der Waals surface area contributed by atoms with Gasteiger partial charge >= 0.3 is 0 Å². The van der Waals surface area contributed by atoms with E-state index in [9.17, 15) is 9.90 Å². The summed E-state index contributed by atoms with van der Waals surface area (Å²) in [5.74, 6) is 0.318. The zero-order chi connectivity index (χ0) is 18.9. The van der Waals surface area contributed by atoms with Crippen molar-refractivity contribution in [3.8, 4) is 11.5 Å². The molecule has 26 heavy (non-hydrogen) atoms. The van der Waals surface area contributed by atoms with E-state index in [0.717, 1.165) is 23.2 Å². The topological polar surface area (TPSA) is 74.2 Å². The monoisotopic (exact) mass is 419 g/mol. The molecule has 0 atom stereocenters. The average molecular weight is 420 g/mol. The van der Waals surface area contributed by atoms with Crippen molar-refractivity contribution in [3.63, 3.8) is 0 Å². The van der Waals surface area contributed by atoms with Crippen molar-refractivity contribution in [1.82, 2.24) is 5.43 Å². The van der Waals surface area contributed by atoms with Gasteiger partial charge in [0.15, 0.2) is 6.61 Å². The maximum atomic E-state index is 11.8. The van der Waals surface area contributed by atoms with E-state index in [2.05, 4.69) is 45.2 Å². The maximum Gasteiger partial charge on any atom is 0.277 e. The lowest BCUT2D eigenvalue weighted by Gasteiger charge is -2.21. The van der Waals surface area contributed by atoms with Gasteiger partial charge in [-0.1, -0.05) is 15.9 Å². The summed E-state index contributed by atoms with van der Waals surface area (Å²) in [5, 5.41) is 14.0. The molecule has 1 amide bonds. The first-order valence-electron chi connectivity index (χ1n) is 8.31. The first-order chi connectivity index (χ1) is 12.5. The van der Waals surface area contributed by atoms with Gasteiger partial charge in [-0.05, 0) is 50.2 Å². The number of nitrogens with zero attached hydrogens (tertiary/aromatic N) is 2. The zero-order valence-electron chi connectivity index (χ0n) is 14.8. The fourth-order valence-electron chi connectivity index (χ4n) is 2.31. The molecule has 0 saturated carbocycles. The fraction of sp³-hybridized carbons (Fsp3) is 0.263. The normalized spacial score (nSPS) is 10.7. The van der Waals surface area contributed by atoms with Gasteiger partial charge in [-0.25, -0.2) is 5.43 Å². The molecule has 2 N–H and O–H groups in total. The van der Waals surface area contributed by atoms with Crippen LogP contribution in [-0.4, -0.2) is 36.9 Å². The number of carbonyl (C=O) groups excluding carboxylic acids is 1. The zero-order valence-corrected chi connectivity index (χ0v) is 16.4. The van der Waals surface area contributed by atoms with Crippen molar-refractivity contribution >= 4 is 33.7 Å². The predicted octanol–water partition coefficient (Wildman–Crippen LogP) is 3.53. The molecule has 2 rings (SSSR count). The highest BCUT2D eigenvalue weighted by Crippen LogP contribution is 2.23. The molecular weight excluding hydrogens is 398 g/mol. The number of halogens is 1. The summed E-state index contributed by atoms with van der Waals surface area (Å²) in [6.07, 6.45) is 1.40. The van der Waals surface area contributed by atoms with Crippen molar-refractivity contribution in [3.05, 3.63) is 52.5 Å².